The van der Waals surface area contributed by atoms with Crippen molar-refractivity contribution in [3.05, 3.63) is 59.7 Å². The van der Waals surface area contributed by atoms with E-state index >= 15 is 0 Å². The van der Waals surface area contributed by atoms with Crippen LogP contribution in [-0.2, 0) is 22.7 Å². The number of carbonyl (C=O) groups excluding carboxylic acids is 1. The van der Waals surface area contributed by atoms with Crippen LogP contribution in [0.3, 0.4) is 0 Å². The molecule has 0 bridgehead atoms. The first-order chi connectivity index (χ1) is 15.0. The van der Waals surface area contributed by atoms with Crippen LogP contribution in [0.2, 0.25) is 0 Å². The third-order valence-electron chi connectivity index (χ3n) is 5.54. The molecule has 0 amide bonds. The van der Waals surface area contributed by atoms with E-state index in [-0.39, 0.29) is 17.8 Å². The largest absolute Gasteiger partial charge is 0.493 e. The Balaban J connectivity index is 1.60. The van der Waals surface area contributed by atoms with Gasteiger partial charge in [-0.25, -0.2) is 0 Å². The molecule has 7 heteroatoms. The molecule has 7 nitrogen and oxygen atoms in total. The summed E-state index contributed by atoms with van der Waals surface area (Å²) >= 11 is 0. The Kier molecular flexibility index (Phi) is 7.76. The highest BCUT2D eigenvalue weighted by Gasteiger charge is 2.36. The van der Waals surface area contributed by atoms with Crippen LogP contribution in [0.25, 0.3) is 0 Å². The standard InChI is InChI=1S/C24H31N3O4/c1-17-14-27(15-20(17)23(28)30-4)24(25-2)26-13-19-10-11-21(22(12-19)29-3)31-16-18-8-6-5-7-9-18/h5-12,17,20H,13-16H2,1-4H3,(H,25,26). The van der Waals surface area contributed by atoms with Crippen molar-refractivity contribution in [1.29, 1.82) is 0 Å². The van der Waals surface area contributed by atoms with Crippen molar-refractivity contribution in [2.24, 2.45) is 16.8 Å². The van der Waals surface area contributed by atoms with Gasteiger partial charge in [-0.15, -0.1) is 0 Å². The first-order valence-electron chi connectivity index (χ1n) is 10.4. The van der Waals surface area contributed by atoms with Gasteiger partial charge in [-0.2, -0.15) is 0 Å². The molecule has 0 spiro atoms. The molecule has 0 radical (unpaired) electrons. The Morgan fingerprint density at radius 3 is 2.55 bits per heavy atom. The quantitative estimate of drug-likeness (QED) is 0.418. The molecule has 2 unspecified atom stereocenters. The van der Waals surface area contributed by atoms with Gasteiger partial charge in [0.25, 0.3) is 0 Å². The second kappa shape index (κ2) is 10.7. The molecule has 0 aromatic heterocycles. The Labute approximate surface area is 184 Å². The first kappa shape index (κ1) is 22.5. The highest BCUT2D eigenvalue weighted by molar-refractivity contribution is 5.82. The Morgan fingerprint density at radius 1 is 1.10 bits per heavy atom. The van der Waals surface area contributed by atoms with Gasteiger partial charge < -0.3 is 24.4 Å². The van der Waals surface area contributed by atoms with E-state index in [0.717, 1.165) is 23.6 Å². The number of likely N-dealkylation sites (tertiary alicyclic amines) is 1. The predicted molar refractivity (Wildman–Crippen MR) is 120 cm³/mol. The number of esters is 1. The summed E-state index contributed by atoms with van der Waals surface area (Å²) in [5.74, 6) is 2.07. The van der Waals surface area contributed by atoms with E-state index in [1.54, 1.807) is 14.2 Å². The lowest BCUT2D eigenvalue weighted by Crippen LogP contribution is -2.40. The van der Waals surface area contributed by atoms with Gasteiger partial charge in [0, 0.05) is 26.7 Å². The topological polar surface area (TPSA) is 72.4 Å². The third kappa shape index (κ3) is 5.69. The maximum absolute atomic E-state index is 12.0. The van der Waals surface area contributed by atoms with Crippen molar-refractivity contribution in [3.63, 3.8) is 0 Å². The van der Waals surface area contributed by atoms with E-state index in [1.165, 1.54) is 7.11 Å². The van der Waals surface area contributed by atoms with E-state index < -0.39 is 0 Å². The molecule has 1 aliphatic rings. The minimum Gasteiger partial charge on any atom is -0.493 e. The maximum Gasteiger partial charge on any atom is 0.310 e. The van der Waals surface area contributed by atoms with Crippen molar-refractivity contribution >= 4 is 11.9 Å². The van der Waals surface area contributed by atoms with Crippen molar-refractivity contribution in [2.45, 2.75) is 20.1 Å². The lowest BCUT2D eigenvalue weighted by atomic mass is 9.99. The SMILES string of the molecule is CN=C(NCc1ccc(OCc2ccccc2)c(OC)c1)N1CC(C)C(C(=O)OC)C1. The van der Waals surface area contributed by atoms with Crippen molar-refractivity contribution < 1.29 is 19.0 Å². The molecule has 2 aromatic rings. The summed E-state index contributed by atoms with van der Waals surface area (Å²) in [5.41, 5.74) is 2.14. The number of carbonyl (C=O) groups is 1. The van der Waals surface area contributed by atoms with Crippen LogP contribution in [0.1, 0.15) is 18.1 Å². The molecule has 2 atom stereocenters. The number of hydrogen-bond acceptors (Lipinski definition) is 5. The van der Waals surface area contributed by atoms with Gasteiger partial charge in [0.2, 0.25) is 0 Å². The number of ether oxygens (including phenoxy) is 3. The van der Waals surface area contributed by atoms with Crippen molar-refractivity contribution in [3.8, 4) is 11.5 Å². The van der Waals surface area contributed by atoms with Gasteiger partial charge in [-0.05, 0) is 29.2 Å². The smallest absolute Gasteiger partial charge is 0.310 e. The average molecular weight is 426 g/mol. The van der Waals surface area contributed by atoms with Crippen molar-refractivity contribution in [1.82, 2.24) is 10.2 Å². The average Bonchev–Trinajstić information content (AvgIpc) is 3.19. The zero-order valence-electron chi connectivity index (χ0n) is 18.6. The fourth-order valence-corrected chi connectivity index (χ4v) is 3.79. The fourth-order valence-electron chi connectivity index (χ4n) is 3.79. The summed E-state index contributed by atoms with van der Waals surface area (Å²) < 4.78 is 16.4. The van der Waals surface area contributed by atoms with E-state index in [2.05, 4.69) is 22.1 Å². The van der Waals surface area contributed by atoms with Gasteiger partial charge in [-0.1, -0.05) is 43.3 Å². The second-order valence-electron chi connectivity index (χ2n) is 7.67. The highest BCUT2D eigenvalue weighted by Crippen LogP contribution is 2.29. The number of guanidine groups is 1. The summed E-state index contributed by atoms with van der Waals surface area (Å²) in [5, 5.41) is 3.38. The van der Waals surface area contributed by atoms with E-state index in [1.807, 2.05) is 48.5 Å². The summed E-state index contributed by atoms with van der Waals surface area (Å²) in [6.07, 6.45) is 0. The molecular formula is C24H31N3O4. The zero-order chi connectivity index (χ0) is 22.2. The molecule has 1 heterocycles. The molecule has 0 saturated carbocycles. The summed E-state index contributed by atoms with van der Waals surface area (Å²) in [4.78, 5) is 18.5. The van der Waals surface area contributed by atoms with Crippen molar-refractivity contribution in [2.75, 3.05) is 34.4 Å². The first-order valence-corrected chi connectivity index (χ1v) is 10.4. The Hall–Kier alpha value is -3.22. The number of benzene rings is 2. The predicted octanol–water partition coefficient (Wildman–Crippen LogP) is 3.09. The summed E-state index contributed by atoms with van der Waals surface area (Å²) in [6.45, 7) is 4.48. The molecule has 1 aliphatic heterocycles. The molecular weight excluding hydrogens is 394 g/mol. The van der Waals surface area contributed by atoms with Gasteiger partial charge in [-0.3, -0.25) is 9.79 Å². The van der Waals surface area contributed by atoms with Crippen LogP contribution >= 0.6 is 0 Å². The van der Waals surface area contributed by atoms with E-state index in [0.29, 0.717) is 31.2 Å². The third-order valence-corrected chi connectivity index (χ3v) is 5.54. The summed E-state index contributed by atoms with van der Waals surface area (Å²) in [7, 11) is 4.82. The fraction of sp³-hybridized carbons (Fsp3) is 0.417. The van der Waals surface area contributed by atoms with Crippen LogP contribution in [0.4, 0.5) is 0 Å². The van der Waals surface area contributed by atoms with Crippen LogP contribution in [0, 0.1) is 11.8 Å². The van der Waals surface area contributed by atoms with Crippen LogP contribution in [0.15, 0.2) is 53.5 Å². The molecule has 1 fully saturated rings. The minimum atomic E-state index is -0.165. The monoisotopic (exact) mass is 425 g/mol. The van der Waals surface area contributed by atoms with Crippen LogP contribution in [0.5, 0.6) is 11.5 Å². The van der Waals surface area contributed by atoms with Gasteiger partial charge in [0.1, 0.15) is 6.61 Å². The number of hydrogen-bond donors (Lipinski definition) is 1. The van der Waals surface area contributed by atoms with Gasteiger partial charge in [0.15, 0.2) is 17.5 Å². The van der Waals surface area contributed by atoms with Gasteiger partial charge >= 0.3 is 5.97 Å². The second-order valence-corrected chi connectivity index (χ2v) is 7.67. The molecule has 166 valence electrons. The molecule has 1 N–H and O–H groups in total. The number of nitrogens with zero attached hydrogens (tertiary/aromatic N) is 2. The maximum atomic E-state index is 12.0. The lowest BCUT2D eigenvalue weighted by Gasteiger charge is -2.22. The number of methoxy groups -OCH3 is 2. The molecule has 31 heavy (non-hydrogen) atoms. The highest BCUT2D eigenvalue weighted by atomic mass is 16.5. The lowest BCUT2D eigenvalue weighted by molar-refractivity contribution is -0.145. The van der Waals surface area contributed by atoms with Crippen LogP contribution in [-0.4, -0.2) is 51.2 Å². The number of aliphatic imine (C=N–C) groups is 1. The zero-order valence-corrected chi connectivity index (χ0v) is 18.6. The number of rotatable bonds is 7. The Bertz CT molecular complexity index is 901. The Morgan fingerprint density at radius 2 is 1.87 bits per heavy atom. The van der Waals surface area contributed by atoms with E-state index in [4.69, 9.17) is 14.2 Å². The number of nitrogens with one attached hydrogen (secondary N) is 1. The molecule has 3 rings (SSSR count). The van der Waals surface area contributed by atoms with Crippen LogP contribution < -0.4 is 14.8 Å². The van der Waals surface area contributed by atoms with Gasteiger partial charge in [0.05, 0.1) is 20.1 Å². The minimum absolute atomic E-state index is 0.135. The molecule has 2 aromatic carbocycles. The normalized spacial score (nSPS) is 18.6. The molecule has 0 aliphatic carbocycles. The van der Waals surface area contributed by atoms with E-state index in [9.17, 15) is 4.79 Å². The molecule has 1 saturated heterocycles. The summed E-state index contributed by atoms with van der Waals surface area (Å²) in [6, 6.07) is 15.9.